The number of amides is 1. The van der Waals surface area contributed by atoms with E-state index in [2.05, 4.69) is 53.0 Å². The summed E-state index contributed by atoms with van der Waals surface area (Å²) >= 11 is 0. The van der Waals surface area contributed by atoms with Crippen LogP contribution in [0.5, 0.6) is 0 Å². The minimum atomic E-state index is -0.231. The fourth-order valence-corrected chi connectivity index (χ4v) is 3.95. The Morgan fingerprint density at radius 2 is 1.93 bits per heavy atom. The molecule has 1 N–H and O–H groups in total. The normalized spacial score (nSPS) is 19.8. The molecule has 3 heterocycles. The van der Waals surface area contributed by atoms with Crippen LogP contribution in [-0.4, -0.2) is 85.2 Å². The standard InChI is InChI=1S/C22H36N6O2/c1-4-23-22(25-17-18-9-10-20(24-16-18)26(5-2)6-3)28-13-11-27(12-14-28)21(29)19-8-7-15-30-19/h9-10,16,19H,4-8,11-15,17H2,1-3H3,(H,23,25). The van der Waals surface area contributed by atoms with Gasteiger partial charge in [-0.3, -0.25) is 4.79 Å². The van der Waals surface area contributed by atoms with Gasteiger partial charge >= 0.3 is 0 Å². The number of carbonyl (C=O) groups is 1. The number of nitrogens with zero attached hydrogens (tertiary/aromatic N) is 5. The van der Waals surface area contributed by atoms with Gasteiger partial charge in [0.25, 0.3) is 5.91 Å². The third-order valence-corrected chi connectivity index (χ3v) is 5.74. The molecule has 2 aliphatic rings. The summed E-state index contributed by atoms with van der Waals surface area (Å²) in [4.78, 5) is 28.4. The van der Waals surface area contributed by atoms with Gasteiger partial charge in [0, 0.05) is 58.6 Å². The lowest BCUT2D eigenvalue weighted by Crippen LogP contribution is -2.55. The Bertz CT molecular complexity index is 690. The van der Waals surface area contributed by atoms with Crippen molar-refractivity contribution in [1.82, 2.24) is 20.1 Å². The van der Waals surface area contributed by atoms with Crippen molar-refractivity contribution in [2.45, 2.75) is 46.3 Å². The summed E-state index contributed by atoms with van der Waals surface area (Å²) in [5.74, 6) is 2.05. The Balaban J connectivity index is 1.56. The lowest BCUT2D eigenvalue weighted by molar-refractivity contribution is -0.142. The first kappa shape index (κ1) is 22.3. The summed E-state index contributed by atoms with van der Waals surface area (Å²) < 4.78 is 5.56. The van der Waals surface area contributed by atoms with Crippen molar-refractivity contribution in [3.05, 3.63) is 23.9 Å². The number of piperazine rings is 1. The van der Waals surface area contributed by atoms with Gasteiger partial charge in [0.2, 0.25) is 0 Å². The molecular formula is C22H36N6O2. The quantitative estimate of drug-likeness (QED) is 0.539. The molecule has 30 heavy (non-hydrogen) atoms. The summed E-state index contributed by atoms with van der Waals surface area (Å²) in [7, 11) is 0. The van der Waals surface area contributed by atoms with Crippen molar-refractivity contribution in [3.8, 4) is 0 Å². The molecule has 1 unspecified atom stereocenters. The third kappa shape index (κ3) is 5.62. The Morgan fingerprint density at radius 3 is 2.50 bits per heavy atom. The molecule has 0 spiro atoms. The van der Waals surface area contributed by atoms with Crippen molar-refractivity contribution in [1.29, 1.82) is 0 Å². The van der Waals surface area contributed by atoms with Crippen molar-refractivity contribution < 1.29 is 9.53 Å². The Hall–Kier alpha value is -2.35. The molecule has 1 aromatic heterocycles. The summed E-state index contributed by atoms with van der Waals surface area (Å²) in [5.41, 5.74) is 1.09. The first-order valence-corrected chi connectivity index (χ1v) is 11.3. The van der Waals surface area contributed by atoms with E-state index in [-0.39, 0.29) is 12.0 Å². The van der Waals surface area contributed by atoms with Gasteiger partial charge < -0.3 is 24.8 Å². The maximum Gasteiger partial charge on any atom is 0.251 e. The highest BCUT2D eigenvalue weighted by molar-refractivity contribution is 5.82. The highest BCUT2D eigenvalue weighted by Gasteiger charge is 2.30. The number of aromatic nitrogens is 1. The third-order valence-electron chi connectivity index (χ3n) is 5.74. The molecule has 0 aliphatic carbocycles. The van der Waals surface area contributed by atoms with Gasteiger partial charge in [0.05, 0.1) is 6.54 Å². The minimum absolute atomic E-state index is 0.147. The van der Waals surface area contributed by atoms with Crippen LogP contribution in [0.1, 0.15) is 39.2 Å². The predicted octanol–water partition coefficient (Wildman–Crippen LogP) is 1.72. The van der Waals surface area contributed by atoms with Crippen molar-refractivity contribution in [2.24, 2.45) is 4.99 Å². The van der Waals surface area contributed by atoms with Gasteiger partial charge in [-0.15, -0.1) is 0 Å². The molecule has 0 saturated carbocycles. The number of aliphatic imine (C=N–C) groups is 1. The number of anilines is 1. The van der Waals surface area contributed by atoms with Crippen LogP contribution < -0.4 is 10.2 Å². The number of guanidine groups is 1. The largest absolute Gasteiger partial charge is 0.368 e. The lowest BCUT2D eigenvalue weighted by Gasteiger charge is -2.37. The average Bonchev–Trinajstić information content (AvgIpc) is 3.33. The van der Waals surface area contributed by atoms with E-state index in [0.717, 1.165) is 62.9 Å². The molecule has 0 bridgehead atoms. The number of hydrogen-bond acceptors (Lipinski definition) is 5. The maximum absolute atomic E-state index is 12.6. The molecule has 8 heteroatoms. The van der Waals surface area contributed by atoms with Crippen LogP contribution in [0.4, 0.5) is 5.82 Å². The molecule has 2 saturated heterocycles. The number of carbonyl (C=O) groups excluding carboxylic acids is 1. The van der Waals surface area contributed by atoms with E-state index in [9.17, 15) is 4.79 Å². The minimum Gasteiger partial charge on any atom is -0.368 e. The zero-order valence-corrected chi connectivity index (χ0v) is 18.6. The molecule has 2 fully saturated rings. The van der Waals surface area contributed by atoms with Crippen LogP contribution in [0.15, 0.2) is 23.3 Å². The van der Waals surface area contributed by atoms with Crippen LogP contribution in [-0.2, 0) is 16.1 Å². The molecule has 3 rings (SSSR count). The summed E-state index contributed by atoms with van der Waals surface area (Å²) in [6, 6.07) is 4.17. The first-order valence-electron chi connectivity index (χ1n) is 11.3. The van der Waals surface area contributed by atoms with Gasteiger partial charge in [0.15, 0.2) is 5.96 Å². The van der Waals surface area contributed by atoms with E-state index in [1.165, 1.54) is 0 Å². The Kier molecular flexibility index (Phi) is 8.30. The molecule has 8 nitrogen and oxygen atoms in total. The molecule has 2 aliphatic heterocycles. The second-order valence-corrected chi connectivity index (χ2v) is 7.68. The van der Waals surface area contributed by atoms with E-state index in [4.69, 9.17) is 9.73 Å². The fourth-order valence-electron chi connectivity index (χ4n) is 3.95. The molecule has 1 atom stereocenters. The molecule has 0 radical (unpaired) electrons. The van der Waals surface area contributed by atoms with Crippen LogP contribution >= 0.6 is 0 Å². The monoisotopic (exact) mass is 416 g/mol. The van der Waals surface area contributed by atoms with Gasteiger partial charge in [-0.1, -0.05) is 6.07 Å². The smallest absolute Gasteiger partial charge is 0.251 e. The SMILES string of the molecule is CCNC(=NCc1ccc(N(CC)CC)nc1)N1CCN(C(=O)C2CCCO2)CC1. The average molecular weight is 417 g/mol. The van der Waals surface area contributed by atoms with Crippen molar-refractivity contribution >= 4 is 17.7 Å². The van der Waals surface area contributed by atoms with Gasteiger partial charge in [-0.2, -0.15) is 0 Å². The molecule has 1 amide bonds. The molecule has 0 aromatic carbocycles. The Morgan fingerprint density at radius 1 is 1.20 bits per heavy atom. The number of pyridine rings is 1. The van der Waals surface area contributed by atoms with Crippen LogP contribution in [0.3, 0.4) is 0 Å². The topological polar surface area (TPSA) is 73.3 Å². The summed E-state index contributed by atoms with van der Waals surface area (Å²) in [6.45, 7) is 13.3. The van der Waals surface area contributed by atoms with Crippen LogP contribution in [0.25, 0.3) is 0 Å². The lowest BCUT2D eigenvalue weighted by atomic mass is 10.2. The van der Waals surface area contributed by atoms with Crippen molar-refractivity contribution in [3.63, 3.8) is 0 Å². The van der Waals surface area contributed by atoms with Crippen LogP contribution in [0.2, 0.25) is 0 Å². The van der Waals surface area contributed by atoms with E-state index >= 15 is 0 Å². The maximum atomic E-state index is 12.6. The van der Waals surface area contributed by atoms with Crippen LogP contribution in [0, 0.1) is 0 Å². The summed E-state index contributed by atoms with van der Waals surface area (Å²) in [6.07, 6.45) is 3.52. The molecule has 166 valence electrons. The molecular weight excluding hydrogens is 380 g/mol. The second-order valence-electron chi connectivity index (χ2n) is 7.68. The fraction of sp³-hybridized carbons (Fsp3) is 0.682. The summed E-state index contributed by atoms with van der Waals surface area (Å²) in [5, 5.41) is 3.39. The number of hydrogen-bond donors (Lipinski definition) is 1. The highest BCUT2D eigenvalue weighted by Crippen LogP contribution is 2.16. The predicted molar refractivity (Wildman–Crippen MR) is 120 cm³/mol. The van der Waals surface area contributed by atoms with Gasteiger partial charge in [0.1, 0.15) is 11.9 Å². The number of nitrogens with one attached hydrogen (secondary N) is 1. The highest BCUT2D eigenvalue weighted by atomic mass is 16.5. The second kappa shape index (κ2) is 11.2. The molecule has 1 aromatic rings. The number of ether oxygens (including phenoxy) is 1. The number of rotatable bonds is 7. The van der Waals surface area contributed by atoms with Gasteiger partial charge in [-0.05, 0) is 45.2 Å². The van der Waals surface area contributed by atoms with E-state index in [1.807, 2.05) is 11.1 Å². The van der Waals surface area contributed by atoms with E-state index < -0.39 is 0 Å². The van der Waals surface area contributed by atoms with E-state index in [1.54, 1.807) is 0 Å². The van der Waals surface area contributed by atoms with E-state index in [0.29, 0.717) is 26.2 Å². The van der Waals surface area contributed by atoms with Gasteiger partial charge in [-0.25, -0.2) is 9.98 Å². The van der Waals surface area contributed by atoms with Crippen molar-refractivity contribution in [2.75, 3.05) is 57.3 Å². The zero-order chi connectivity index (χ0) is 21.3. The first-order chi connectivity index (χ1) is 14.7. The Labute approximate surface area is 180 Å². The zero-order valence-electron chi connectivity index (χ0n) is 18.6.